The number of carbonyl (C=O) groups is 1. The minimum Gasteiger partial charge on any atom is -0.481 e. The van der Waals surface area contributed by atoms with Crippen LogP contribution in [0.25, 0.3) is 0 Å². The van der Waals surface area contributed by atoms with Crippen LogP contribution in [0.2, 0.25) is 0 Å². The molecular weight excluding hydrogens is 256 g/mol. The minimum absolute atomic E-state index is 0.0872. The third-order valence-electron chi connectivity index (χ3n) is 3.23. The first-order valence-corrected chi connectivity index (χ1v) is 6.59. The summed E-state index contributed by atoms with van der Waals surface area (Å²) < 4.78 is 5.48. The molecule has 2 rings (SSSR count). The van der Waals surface area contributed by atoms with E-state index in [4.69, 9.17) is 4.42 Å². The highest BCUT2D eigenvalue weighted by Crippen LogP contribution is 2.24. The van der Waals surface area contributed by atoms with Gasteiger partial charge in [0, 0.05) is 5.92 Å². The zero-order valence-corrected chi connectivity index (χ0v) is 11.8. The first-order chi connectivity index (χ1) is 9.49. The monoisotopic (exact) mass is 274 g/mol. The Morgan fingerprint density at radius 1 is 1.25 bits per heavy atom. The van der Waals surface area contributed by atoms with Gasteiger partial charge in [0.15, 0.2) is 0 Å². The second-order valence-electron chi connectivity index (χ2n) is 5.15. The van der Waals surface area contributed by atoms with E-state index in [0.29, 0.717) is 12.3 Å². The highest BCUT2D eigenvalue weighted by molar-refractivity contribution is 5.75. The van der Waals surface area contributed by atoms with Crippen molar-refractivity contribution in [2.75, 3.05) is 0 Å². The quantitative estimate of drug-likeness (QED) is 0.907. The van der Waals surface area contributed by atoms with E-state index in [1.807, 2.05) is 45.0 Å². The van der Waals surface area contributed by atoms with Gasteiger partial charge in [-0.25, -0.2) is 0 Å². The first-order valence-electron chi connectivity index (χ1n) is 6.59. The lowest BCUT2D eigenvalue weighted by Gasteiger charge is -2.10. The number of nitrogens with zero attached hydrogens (tertiary/aromatic N) is 2. The zero-order chi connectivity index (χ0) is 14.7. The molecule has 0 aliphatic rings. The molecule has 0 saturated heterocycles. The fourth-order valence-corrected chi connectivity index (χ4v) is 1.96. The lowest BCUT2D eigenvalue weighted by atomic mass is 9.96. The van der Waals surface area contributed by atoms with E-state index < -0.39 is 11.9 Å². The molecule has 1 N–H and O–H groups in total. The maximum atomic E-state index is 11.5. The summed E-state index contributed by atoms with van der Waals surface area (Å²) in [6.07, 6.45) is 0.349. The van der Waals surface area contributed by atoms with E-state index in [1.54, 1.807) is 0 Å². The molecule has 0 fully saturated rings. The summed E-state index contributed by atoms with van der Waals surface area (Å²) in [5, 5.41) is 17.2. The molecule has 1 atom stereocenters. The van der Waals surface area contributed by atoms with Crippen molar-refractivity contribution in [3.8, 4) is 0 Å². The number of hydrogen-bond donors (Lipinski definition) is 1. The van der Waals surface area contributed by atoms with Gasteiger partial charge in [-0.2, -0.15) is 0 Å². The molecular formula is C15H18N2O3. The van der Waals surface area contributed by atoms with Gasteiger partial charge in [-0.05, 0) is 24.5 Å². The summed E-state index contributed by atoms with van der Waals surface area (Å²) >= 11 is 0. The summed E-state index contributed by atoms with van der Waals surface area (Å²) in [6, 6.07) is 7.71. The molecule has 20 heavy (non-hydrogen) atoms. The van der Waals surface area contributed by atoms with Crippen LogP contribution in [0.1, 0.15) is 48.6 Å². The largest absolute Gasteiger partial charge is 0.481 e. The van der Waals surface area contributed by atoms with Crippen LogP contribution in [0.3, 0.4) is 0 Å². The van der Waals surface area contributed by atoms with Crippen LogP contribution in [0.5, 0.6) is 0 Å². The van der Waals surface area contributed by atoms with E-state index in [0.717, 1.165) is 11.1 Å². The van der Waals surface area contributed by atoms with Crippen LogP contribution in [0.15, 0.2) is 28.7 Å². The molecule has 0 saturated carbocycles. The average Bonchev–Trinajstić information content (AvgIpc) is 2.87. The molecule has 0 spiro atoms. The number of aromatic nitrogens is 2. The predicted octanol–water partition coefficient (Wildman–Crippen LogP) is 2.91. The Bertz CT molecular complexity index is 605. The lowest BCUT2D eigenvalue weighted by molar-refractivity contribution is -0.139. The van der Waals surface area contributed by atoms with Crippen molar-refractivity contribution in [3.63, 3.8) is 0 Å². The van der Waals surface area contributed by atoms with Crippen molar-refractivity contribution < 1.29 is 14.3 Å². The van der Waals surface area contributed by atoms with Gasteiger partial charge in [-0.3, -0.25) is 4.79 Å². The summed E-state index contributed by atoms with van der Waals surface area (Å²) in [4.78, 5) is 11.5. The van der Waals surface area contributed by atoms with Crippen molar-refractivity contribution in [1.29, 1.82) is 0 Å². The molecule has 0 aliphatic carbocycles. The number of benzene rings is 1. The van der Waals surface area contributed by atoms with Gasteiger partial charge in [-0.15, -0.1) is 10.2 Å². The van der Waals surface area contributed by atoms with Gasteiger partial charge in [0.25, 0.3) is 0 Å². The second-order valence-corrected chi connectivity index (χ2v) is 5.15. The van der Waals surface area contributed by atoms with Crippen molar-refractivity contribution >= 4 is 5.97 Å². The second kappa shape index (κ2) is 5.86. The van der Waals surface area contributed by atoms with Crippen LogP contribution in [-0.2, 0) is 11.2 Å². The van der Waals surface area contributed by atoms with Crippen LogP contribution in [0, 0.1) is 6.92 Å². The van der Waals surface area contributed by atoms with Gasteiger partial charge >= 0.3 is 5.97 Å². The molecule has 5 nitrogen and oxygen atoms in total. The van der Waals surface area contributed by atoms with Crippen LogP contribution in [0.4, 0.5) is 0 Å². The van der Waals surface area contributed by atoms with Gasteiger partial charge in [0.1, 0.15) is 5.92 Å². The summed E-state index contributed by atoms with van der Waals surface area (Å²) in [6.45, 7) is 5.81. The smallest absolute Gasteiger partial charge is 0.316 e. The van der Waals surface area contributed by atoms with Gasteiger partial charge in [-0.1, -0.05) is 38.1 Å². The fraction of sp³-hybridized carbons (Fsp3) is 0.400. The Balaban J connectivity index is 2.27. The number of carboxylic acid groups (broad SMARTS) is 1. The van der Waals surface area contributed by atoms with Crippen molar-refractivity contribution in [3.05, 3.63) is 47.2 Å². The topological polar surface area (TPSA) is 76.2 Å². The predicted molar refractivity (Wildman–Crippen MR) is 73.6 cm³/mol. The molecule has 2 aromatic rings. The molecule has 0 amide bonds. The number of aryl methyl sites for hydroxylation is 1. The van der Waals surface area contributed by atoms with Gasteiger partial charge in [0.05, 0.1) is 0 Å². The first kappa shape index (κ1) is 14.2. The van der Waals surface area contributed by atoms with Gasteiger partial charge in [0.2, 0.25) is 11.8 Å². The summed E-state index contributed by atoms with van der Waals surface area (Å²) in [5.41, 5.74) is 2.03. The third kappa shape index (κ3) is 3.04. The maximum absolute atomic E-state index is 11.5. The summed E-state index contributed by atoms with van der Waals surface area (Å²) in [5.74, 6) is -1.03. The van der Waals surface area contributed by atoms with E-state index >= 15 is 0 Å². The Kier molecular flexibility index (Phi) is 4.17. The van der Waals surface area contributed by atoms with Crippen molar-refractivity contribution in [1.82, 2.24) is 10.2 Å². The van der Waals surface area contributed by atoms with Crippen molar-refractivity contribution in [2.24, 2.45) is 0 Å². The number of aliphatic carboxylic acids is 1. The fourth-order valence-electron chi connectivity index (χ4n) is 1.96. The van der Waals surface area contributed by atoms with E-state index in [1.165, 1.54) is 0 Å². The molecule has 0 radical (unpaired) electrons. The molecule has 1 unspecified atom stereocenters. The number of hydrogen-bond acceptors (Lipinski definition) is 4. The standard InChI is InChI=1S/C15H18N2O3/c1-9(2)13-16-17-14(20-13)12(15(18)19)8-11-7-5-4-6-10(11)3/h4-7,9,12H,8H2,1-3H3,(H,18,19). The van der Waals surface area contributed by atoms with E-state index in [9.17, 15) is 9.90 Å². The van der Waals surface area contributed by atoms with Crippen LogP contribution < -0.4 is 0 Å². The van der Waals surface area contributed by atoms with Crippen LogP contribution >= 0.6 is 0 Å². The molecule has 1 aromatic carbocycles. The Morgan fingerprint density at radius 2 is 1.90 bits per heavy atom. The normalized spacial score (nSPS) is 12.6. The molecule has 0 bridgehead atoms. The highest BCUT2D eigenvalue weighted by Gasteiger charge is 2.27. The number of rotatable bonds is 5. The average molecular weight is 274 g/mol. The Hall–Kier alpha value is -2.17. The Labute approximate surface area is 117 Å². The molecule has 5 heteroatoms. The van der Waals surface area contributed by atoms with Crippen molar-refractivity contribution in [2.45, 2.75) is 39.0 Å². The molecule has 1 heterocycles. The molecule has 106 valence electrons. The van der Waals surface area contributed by atoms with Gasteiger partial charge < -0.3 is 9.52 Å². The third-order valence-corrected chi connectivity index (χ3v) is 3.23. The maximum Gasteiger partial charge on any atom is 0.316 e. The molecule has 0 aliphatic heterocycles. The van der Waals surface area contributed by atoms with E-state index in [2.05, 4.69) is 10.2 Å². The lowest BCUT2D eigenvalue weighted by Crippen LogP contribution is -2.15. The SMILES string of the molecule is Cc1ccccc1CC(C(=O)O)c1nnc(C(C)C)o1. The zero-order valence-electron chi connectivity index (χ0n) is 11.8. The van der Waals surface area contributed by atoms with Crippen LogP contribution in [-0.4, -0.2) is 21.3 Å². The number of carboxylic acids is 1. The molecule has 1 aromatic heterocycles. The summed E-state index contributed by atoms with van der Waals surface area (Å²) in [7, 11) is 0. The van der Waals surface area contributed by atoms with E-state index in [-0.39, 0.29) is 11.8 Å². The highest BCUT2D eigenvalue weighted by atomic mass is 16.4. The minimum atomic E-state index is -0.952. The Morgan fingerprint density at radius 3 is 2.45 bits per heavy atom.